The highest BCUT2D eigenvalue weighted by Gasteiger charge is 2.12. The first kappa shape index (κ1) is 14.2. The molecule has 0 amide bonds. The second-order valence-electron chi connectivity index (χ2n) is 4.79. The van der Waals surface area contributed by atoms with Gasteiger partial charge in [0.1, 0.15) is 5.69 Å². The maximum absolute atomic E-state index is 10.4. The Balaban J connectivity index is 1.99. The first-order chi connectivity index (χ1) is 9.56. The number of carboxylic acid groups (broad SMARTS) is 1. The number of hydrogen-bond donors (Lipinski definition) is 1. The first-order valence-electron chi connectivity index (χ1n) is 6.54. The van der Waals surface area contributed by atoms with Gasteiger partial charge in [0.2, 0.25) is 11.7 Å². The topological polar surface area (TPSA) is 89.1 Å². The van der Waals surface area contributed by atoms with Crippen molar-refractivity contribution in [3.63, 3.8) is 0 Å². The number of carboxylic acids is 1. The van der Waals surface area contributed by atoms with Crippen molar-refractivity contribution < 1.29 is 14.4 Å². The fraction of sp³-hybridized carbons (Fsp3) is 0.429. The highest BCUT2D eigenvalue weighted by molar-refractivity contribution is 5.66. The van der Waals surface area contributed by atoms with Gasteiger partial charge in [-0.2, -0.15) is 4.98 Å². The van der Waals surface area contributed by atoms with E-state index in [0.717, 1.165) is 16.8 Å². The van der Waals surface area contributed by atoms with Crippen LogP contribution < -0.4 is 0 Å². The lowest BCUT2D eigenvalue weighted by Crippen LogP contribution is -1.95. The van der Waals surface area contributed by atoms with Crippen molar-refractivity contribution >= 4 is 5.97 Å². The molecule has 1 N–H and O–H groups in total. The van der Waals surface area contributed by atoms with Gasteiger partial charge in [0, 0.05) is 19.0 Å². The summed E-state index contributed by atoms with van der Waals surface area (Å²) in [5, 5.41) is 12.5. The average Bonchev–Trinajstić information content (AvgIpc) is 2.83. The number of nitrogens with zero attached hydrogens (tertiary/aromatic N) is 3. The third-order valence-corrected chi connectivity index (χ3v) is 2.93. The fourth-order valence-corrected chi connectivity index (χ4v) is 1.95. The lowest BCUT2D eigenvalue weighted by molar-refractivity contribution is -0.137. The van der Waals surface area contributed by atoms with Crippen molar-refractivity contribution in [2.24, 2.45) is 0 Å². The summed E-state index contributed by atoms with van der Waals surface area (Å²) in [5.74, 6) is 0.221. The Kier molecular flexibility index (Phi) is 4.45. The number of aliphatic carboxylic acids is 1. The summed E-state index contributed by atoms with van der Waals surface area (Å²) in [5.41, 5.74) is 2.81. The zero-order valence-corrected chi connectivity index (χ0v) is 11.6. The molecule has 2 rings (SSSR count). The Morgan fingerprint density at radius 2 is 2.15 bits per heavy atom. The van der Waals surface area contributed by atoms with Crippen LogP contribution in [0.1, 0.15) is 36.3 Å². The van der Waals surface area contributed by atoms with E-state index >= 15 is 0 Å². The SMILES string of the molecule is Cc1cnc(-c2noc(CCCCC(=O)O)n2)c(C)c1. The maximum Gasteiger partial charge on any atom is 0.303 e. The molecule has 0 aromatic carbocycles. The van der Waals surface area contributed by atoms with Crippen molar-refractivity contribution in [1.82, 2.24) is 15.1 Å². The Morgan fingerprint density at radius 3 is 2.85 bits per heavy atom. The van der Waals surface area contributed by atoms with E-state index in [1.807, 2.05) is 19.9 Å². The number of aryl methyl sites for hydroxylation is 3. The molecule has 6 heteroatoms. The Morgan fingerprint density at radius 1 is 1.35 bits per heavy atom. The van der Waals surface area contributed by atoms with Gasteiger partial charge in [-0.15, -0.1) is 0 Å². The van der Waals surface area contributed by atoms with Crippen LogP contribution in [0.2, 0.25) is 0 Å². The minimum absolute atomic E-state index is 0.166. The van der Waals surface area contributed by atoms with Crippen molar-refractivity contribution in [2.75, 3.05) is 0 Å². The monoisotopic (exact) mass is 275 g/mol. The predicted molar refractivity (Wildman–Crippen MR) is 72.2 cm³/mol. The molecule has 0 saturated heterocycles. The molecule has 0 fully saturated rings. The molecule has 6 nitrogen and oxygen atoms in total. The van der Waals surface area contributed by atoms with E-state index in [1.165, 1.54) is 0 Å². The first-order valence-corrected chi connectivity index (χ1v) is 6.54. The van der Waals surface area contributed by atoms with Gasteiger partial charge in [0.05, 0.1) is 0 Å². The molecule has 0 atom stereocenters. The number of unbranched alkanes of at least 4 members (excludes halogenated alkanes) is 1. The predicted octanol–water partition coefficient (Wildman–Crippen LogP) is 2.55. The summed E-state index contributed by atoms with van der Waals surface area (Å²) in [6, 6.07) is 2.02. The standard InChI is InChI=1S/C14H17N3O3/c1-9-7-10(2)13(15-8-9)14-16-11(20-17-14)5-3-4-6-12(18)19/h7-8H,3-6H2,1-2H3,(H,18,19). The number of aromatic nitrogens is 3. The van der Waals surface area contributed by atoms with Crippen LogP contribution in [0.4, 0.5) is 0 Å². The molecule has 0 aliphatic carbocycles. The molecule has 0 aliphatic rings. The van der Waals surface area contributed by atoms with E-state index in [0.29, 0.717) is 31.0 Å². The molecule has 0 radical (unpaired) electrons. The van der Waals surface area contributed by atoms with Crippen LogP contribution in [-0.2, 0) is 11.2 Å². The number of pyridine rings is 1. The van der Waals surface area contributed by atoms with Crippen LogP contribution in [0, 0.1) is 13.8 Å². The van der Waals surface area contributed by atoms with Crippen LogP contribution in [0.25, 0.3) is 11.5 Å². The van der Waals surface area contributed by atoms with Crippen LogP contribution >= 0.6 is 0 Å². The highest BCUT2D eigenvalue weighted by atomic mass is 16.5. The number of rotatable bonds is 6. The second kappa shape index (κ2) is 6.27. The quantitative estimate of drug-likeness (QED) is 0.815. The lowest BCUT2D eigenvalue weighted by atomic mass is 10.1. The van der Waals surface area contributed by atoms with Crippen LogP contribution in [0.5, 0.6) is 0 Å². The van der Waals surface area contributed by atoms with Crippen LogP contribution in [0.15, 0.2) is 16.8 Å². The molecule has 0 saturated carbocycles. The molecular weight excluding hydrogens is 258 g/mol. The largest absolute Gasteiger partial charge is 0.481 e. The van der Waals surface area contributed by atoms with Gasteiger partial charge in [0.15, 0.2) is 0 Å². The van der Waals surface area contributed by atoms with Crippen molar-refractivity contribution in [3.05, 3.63) is 29.3 Å². The zero-order chi connectivity index (χ0) is 14.5. The Hall–Kier alpha value is -2.24. The van der Waals surface area contributed by atoms with Gasteiger partial charge in [0.25, 0.3) is 0 Å². The van der Waals surface area contributed by atoms with Gasteiger partial charge in [-0.05, 0) is 37.8 Å². The van der Waals surface area contributed by atoms with Crippen LogP contribution in [0.3, 0.4) is 0 Å². The minimum Gasteiger partial charge on any atom is -0.481 e. The van der Waals surface area contributed by atoms with Crippen molar-refractivity contribution in [1.29, 1.82) is 0 Å². The molecular formula is C14H17N3O3. The molecule has 2 aromatic rings. The smallest absolute Gasteiger partial charge is 0.303 e. The molecule has 2 heterocycles. The summed E-state index contributed by atoms with van der Waals surface area (Å²) >= 11 is 0. The third kappa shape index (κ3) is 3.63. The zero-order valence-electron chi connectivity index (χ0n) is 11.6. The normalized spacial score (nSPS) is 10.7. The second-order valence-corrected chi connectivity index (χ2v) is 4.79. The molecule has 106 valence electrons. The van der Waals surface area contributed by atoms with Gasteiger partial charge >= 0.3 is 5.97 Å². The third-order valence-electron chi connectivity index (χ3n) is 2.93. The average molecular weight is 275 g/mol. The van der Waals surface area contributed by atoms with E-state index in [1.54, 1.807) is 6.20 Å². The highest BCUT2D eigenvalue weighted by Crippen LogP contribution is 2.19. The maximum atomic E-state index is 10.4. The molecule has 2 aromatic heterocycles. The summed E-state index contributed by atoms with van der Waals surface area (Å²) < 4.78 is 5.16. The fourth-order valence-electron chi connectivity index (χ4n) is 1.95. The Labute approximate surface area is 116 Å². The summed E-state index contributed by atoms with van der Waals surface area (Å²) in [6.45, 7) is 3.94. The van der Waals surface area contributed by atoms with E-state index in [4.69, 9.17) is 9.63 Å². The van der Waals surface area contributed by atoms with Gasteiger partial charge in [-0.1, -0.05) is 11.2 Å². The van der Waals surface area contributed by atoms with Gasteiger partial charge in [-0.3, -0.25) is 9.78 Å². The van der Waals surface area contributed by atoms with Gasteiger partial charge < -0.3 is 9.63 Å². The molecule has 0 spiro atoms. The molecule has 0 aliphatic heterocycles. The molecule has 20 heavy (non-hydrogen) atoms. The van der Waals surface area contributed by atoms with E-state index in [2.05, 4.69) is 15.1 Å². The van der Waals surface area contributed by atoms with E-state index < -0.39 is 5.97 Å². The molecule has 0 bridgehead atoms. The van der Waals surface area contributed by atoms with Crippen molar-refractivity contribution in [2.45, 2.75) is 39.5 Å². The number of hydrogen-bond acceptors (Lipinski definition) is 5. The summed E-state index contributed by atoms with van der Waals surface area (Å²) in [6.07, 6.45) is 3.85. The molecule has 0 unspecified atom stereocenters. The van der Waals surface area contributed by atoms with E-state index in [-0.39, 0.29) is 6.42 Å². The summed E-state index contributed by atoms with van der Waals surface area (Å²) in [7, 11) is 0. The summed E-state index contributed by atoms with van der Waals surface area (Å²) in [4.78, 5) is 19.0. The minimum atomic E-state index is -0.782. The van der Waals surface area contributed by atoms with E-state index in [9.17, 15) is 4.79 Å². The van der Waals surface area contributed by atoms with Crippen LogP contribution in [-0.4, -0.2) is 26.2 Å². The Bertz CT molecular complexity index is 607. The van der Waals surface area contributed by atoms with Crippen molar-refractivity contribution in [3.8, 4) is 11.5 Å². The number of carbonyl (C=O) groups is 1. The van der Waals surface area contributed by atoms with Gasteiger partial charge in [-0.25, -0.2) is 0 Å². The lowest BCUT2D eigenvalue weighted by Gasteiger charge is -2.00.